The van der Waals surface area contributed by atoms with E-state index in [0.717, 1.165) is 30.7 Å². The van der Waals surface area contributed by atoms with Crippen LogP contribution in [0.5, 0.6) is 0 Å². The van der Waals surface area contributed by atoms with Crippen molar-refractivity contribution in [2.24, 2.45) is 11.8 Å². The number of nitrogens with one attached hydrogen (secondary N) is 1. The predicted octanol–water partition coefficient (Wildman–Crippen LogP) is 4.26. The Bertz CT molecular complexity index is 1090. The molecule has 2 aliphatic rings. The van der Waals surface area contributed by atoms with Crippen molar-refractivity contribution in [3.63, 3.8) is 0 Å². The number of fused-ring (bicyclic) bond motifs is 1. The molecule has 0 aromatic heterocycles. The van der Waals surface area contributed by atoms with Crippen molar-refractivity contribution in [1.29, 1.82) is 0 Å². The number of nitrogens with zero attached hydrogens (tertiary/aromatic N) is 2. The van der Waals surface area contributed by atoms with Gasteiger partial charge in [-0.05, 0) is 76.1 Å². The van der Waals surface area contributed by atoms with Gasteiger partial charge in [-0.2, -0.15) is 17.5 Å². The summed E-state index contributed by atoms with van der Waals surface area (Å²) in [4.78, 5) is 26.9. The SMILES string of the molecule is CCC[C@@H](C(=O)N[C@@H]1CC[C@H]2CN(S(=O)(=O)c3ccc(C(F)(F)F)cc3)C[C@H]21)N(C)C(=O)OC(C)(C)C. The molecule has 0 spiro atoms. The fourth-order valence-corrected chi connectivity index (χ4v) is 6.61. The van der Waals surface area contributed by atoms with Crippen LogP contribution in [0.15, 0.2) is 29.2 Å². The average Bonchev–Trinajstić information content (AvgIpc) is 3.38. The quantitative estimate of drug-likeness (QED) is 0.551. The van der Waals surface area contributed by atoms with Crippen molar-refractivity contribution in [2.45, 2.75) is 82.1 Å². The third kappa shape index (κ3) is 6.76. The number of likely N-dealkylation sites (N-methyl/N-ethyl adjacent to an activating group) is 1. The van der Waals surface area contributed by atoms with Crippen LogP contribution >= 0.6 is 0 Å². The predicted molar refractivity (Wildman–Crippen MR) is 131 cm³/mol. The molecule has 1 aliphatic heterocycles. The Kier molecular flexibility index (Phi) is 8.53. The summed E-state index contributed by atoms with van der Waals surface area (Å²) >= 11 is 0. The zero-order valence-corrected chi connectivity index (χ0v) is 22.7. The summed E-state index contributed by atoms with van der Waals surface area (Å²) in [6.07, 6.45) is -2.64. The average molecular weight is 548 g/mol. The van der Waals surface area contributed by atoms with E-state index in [1.54, 1.807) is 20.8 Å². The molecule has 3 rings (SSSR count). The topological polar surface area (TPSA) is 96.0 Å². The van der Waals surface area contributed by atoms with Gasteiger partial charge < -0.3 is 10.1 Å². The number of sulfonamides is 1. The fraction of sp³-hybridized carbons (Fsp3) is 0.680. The lowest BCUT2D eigenvalue weighted by molar-refractivity contribution is -0.137. The lowest BCUT2D eigenvalue weighted by Gasteiger charge is -2.31. The van der Waals surface area contributed by atoms with E-state index in [-0.39, 0.29) is 41.8 Å². The first-order chi connectivity index (χ1) is 17.0. The van der Waals surface area contributed by atoms with Crippen molar-refractivity contribution in [1.82, 2.24) is 14.5 Å². The van der Waals surface area contributed by atoms with E-state index in [1.165, 1.54) is 16.3 Å². The van der Waals surface area contributed by atoms with Gasteiger partial charge in [0.1, 0.15) is 11.6 Å². The summed E-state index contributed by atoms with van der Waals surface area (Å²) in [5, 5.41) is 3.03. The van der Waals surface area contributed by atoms with Crippen LogP contribution in [0.4, 0.5) is 18.0 Å². The molecular formula is C25H36F3N3O5S. The molecule has 1 saturated carbocycles. The second-order valence-corrected chi connectivity index (χ2v) is 12.8. The van der Waals surface area contributed by atoms with Crippen LogP contribution in [0.2, 0.25) is 0 Å². The second-order valence-electron chi connectivity index (χ2n) is 10.9. The zero-order chi connectivity index (χ0) is 27.8. The summed E-state index contributed by atoms with van der Waals surface area (Å²) in [5.74, 6) is -0.407. The maximum atomic E-state index is 13.2. The van der Waals surface area contributed by atoms with E-state index in [1.807, 2.05) is 6.92 Å². The molecule has 1 saturated heterocycles. The van der Waals surface area contributed by atoms with Crippen molar-refractivity contribution in [3.05, 3.63) is 29.8 Å². The molecule has 37 heavy (non-hydrogen) atoms. The van der Waals surface area contributed by atoms with E-state index in [4.69, 9.17) is 4.74 Å². The van der Waals surface area contributed by atoms with Crippen LogP contribution in [0.1, 0.15) is 58.9 Å². The molecule has 0 radical (unpaired) electrons. The van der Waals surface area contributed by atoms with E-state index in [9.17, 15) is 31.2 Å². The van der Waals surface area contributed by atoms with Gasteiger partial charge in [-0.1, -0.05) is 13.3 Å². The first kappa shape index (κ1) is 29.2. The second kappa shape index (κ2) is 10.8. The summed E-state index contributed by atoms with van der Waals surface area (Å²) in [6, 6.07) is 2.49. The third-order valence-corrected chi connectivity index (χ3v) is 8.83. The molecule has 0 bridgehead atoms. The Morgan fingerprint density at radius 1 is 1.14 bits per heavy atom. The Balaban J connectivity index is 1.68. The highest BCUT2D eigenvalue weighted by Gasteiger charge is 2.47. The normalized spacial score (nSPS) is 23.4. The van der Waals surface area contributed by atoms with Gasteiger partial charge in [0, 0.05) is 26.2 Å². The van der Waals surface area contributed by atoms with Crippen molar-refractivity contribution in [3.8, 4) is 0 Å². The minimum atomic E-state index is -4.55. The van der Waals surface area contributed by atoms with Crippen LogP contribution in [0.3, 0.4) is 0 Å². The number of hydrogen-bond acceptors (Lipinski definition) is 5. The standard InChI is InChI=1S/C25H36F3N3O5S/c1-6-7-21(30(5)23(33)36-24(2,3)4)22(32)29-20-13-8-16-14-31(15-19(16)20)37(34,35)18-11-9-17(10-12-18)25(26,27)28/h9-12,16,19-21H,6-8,13-15H2,1-5H3,(H,29,32)/t16-,19+,20+,21-/m0/s1. The molecule has 8 nitrogen and oxygen atoms in total. The van der Waals surface area contributed by atoms with Crippen LogP contribution in [0.25, 0.3) is 0 Å². The smallest absolute Gasteiger partial charge is 0.416 e. The Labute approximate surface area is 216 Å². The third-order valence-electron chi connectivity index (χ3n) is 6.98. The number of carbonyl (C=O) groups is 2. The Morgan fingerprint density at radius 2 is 1.76 bits per heavy atom. The number of carbonyl (C=O) groups excluding carboxylic acids is 2. The van der Waals surface area contributed by atoms with Crippen molar-refractivity contribution in [2.75, 3.05) is 20.1 Å². The minimum absolute atomic E-state index is 0.0303. The molecule has 0 unspecified atom stereocenters. The molecule has 1 aliphatic carbocycles. The Morgan fingerprint density at radius 3 is 2.30 bits per heavy atom. The van der Waals surface area contributed by atoms with Crippen LogP contribution in [0, 0.1) is 11.8 Å². The summed E-state index contributed by atoms with van der Waals surface area (Å²) < 4.78 is 71.6. The number of alkyl halides is 3. The number of benzene rings is 1. The molecule has 1 aromatic carbocycles. The van der Waals surface area contributed by atoms with Gasteiger partial charge in [-0.25, -0.2) is 13.2 Å². The summed E-state index contributed by atoms with van der Waals surface area (Å²) in [7, 11) is -2.45. The molecule has 2 fully saturated rings. The Hall–Kier alpha value is -2.34. The van der Waals surface area contributed by atoms with Crippen LogP contribution in [-0.2, 0) is 25.7 Å². The van der Waals surface area contributed by atoms with Gasteiger partial charge in [0.2, 0.25) is 15.9 Å². The highest BCUT2D eigenvalue weighted by Crippen LogP contribution is 2.40. The van der Waals surface area contributed by atoms with Gasteiger partial charge in [0.25, 0.3) is 0 Å². The highest BCUT2D eigenvalue weighted by atomic mass is 32.2. The first-order valence-corrected chi connectivity index (χ1v) is 13.9. The van der Waals surface area contributed by atoms with Gasteiger partial charge in [0.05, 0.1) is 10.5 Å². The number of rotatable bonds is 7. The molecule has 1 heterocycles. The fourth-order valence-electron chi connectivity index (χ4n) is 5.08. The van der Waals surface area contributed by atoms with Gasteiger partial charge in [-0.15, -0.1) is 0 Å². The van der Waals surface area contributed by atoms with E-state index < -0.39 is 39.5 Å². The summed E-state index contributed by atoms with van der Waals surface area (Å²) in [6.45, 7) is 7.57. The minimum Gasteiger partial charge on any atom is -0.444 e. The van der Waals surface area contributed by atoms with E-state index >= 15 is 0 Å². The van der Waals surface area contributed by atoms with E-state index in [2.05, 4.69) is 5.32 Å². The van der Waals surface area contributed by atoms with Gasteiger partial charge in [0.15, 0.2) is 0 Å². The van der Waals surface area contributed by atoms with Crippen molar-refractivity contribution >= 4 is 22.0 Å². The summed E-state index contributed by atoms with van der Waals surface area (Å²) in [5.41, 5.74) is -1.62. The molecule has 2 amide bonds. The largest absolute Gasteiger partial charge is 0.444 e. The number of amides is 2. The number of ether oxygens (including phenoxy) is 1. The van der Waals surface area contributed by atoms with Gasteiger partial charge >= 0.3 is 12.3 Å². The maximum Gasteiger partial charge on any atom is 0.416 e. The maximum absolute atomic E-state index is 13.2. The number of halogens is 3. The highest BCUT2D eigenvalue weighted by molar-refractivity contribution is 7.89. The molecule has 208 valence electrons. The van der Waals surface area contributed by atoms with E-state index in [0.29, 0.717) is 19.3 Å². The number of hydrogen-bond donors (Lipinski definition) is 1. The first-order valence-electron chi connectivity index (χ1n) is 12.5. The lowest BCUT2D eigenvalue weighted by Crippen LogP contribution is -2.52. The molecule has 12 heteroatoms. The molecule has 1 aromatic rings. The van der Waals surface area contributed by atoms with Crippen LogP contribution < -0.4 is 5.32 Å². The zero-order valence-electron chi connectivity index (χ0n) is 21.8. The van der Waals surface area contributed by atoms with Crippen molar-refractivity contribution < 1.29 is 35.9 Å². The van der Waals surface area contributed by atoms with Crippen LogP contribution in [-0.4, -0.2) is 67.4 Å². The molecule has 4 atom stereocenters. The molecule has 1 N–H and O–H groups in total. The lowest BCUT2D eigenvalue weighted by atomic mass is 9.97. The van der Waals surface area contributed by atoms with Gasteiger partial charge in [-0.3, -0.25) is 9.69 Å². The molecular weight excluding hydrogens is 511 g/mol. The monoisotopic (exact) mass is 547 g/mol.